The SMILES string of the molecule is CCc1ccccc1NC(=O)CCC(C)C(=O)O. The first kappa shape index (κ1) is 14.2. The summed E-state index contributed by atoms with van der Waals surface area (Å²) in [5, 5.41) is 11.6. The third-order valence-corrected chi connectivity index (χ3v) is 2.90. The number of aliphatic carboxylic acids is 1. The van der Waals surface area contributed by atoms with Crippen LogP contribution in [0.2, 0.25) is 0 Å². The average molecular weight is 249 g/mol. The molecule has 0 bridgehead atoms. The molecule has 0 radical (unpaired) electrons. The highest BCUT2D eigenvalue weighted by atomic mass is 16.4. The van der Waals surface area contributed by atoms with Gasteiger partial charge in [0.2, 0.25) is 5.91 Å². The van der Waals surface area contributed by atoms with Crippen LogP contribution >= 0.6 is 0 Å². The Hall–Kier alpha value is -1.84. The number of carbonyl (C=O) groups is 2. The lowest BCUT2D eigenvalue weighted by Gasteiger charge is -2.10. The van der Waals surface area contributed by atoms with Crippen LogP contribution in [-0.4, -0.2) is 17.0 Å². The van der Waals surface area contributed by atoms with E-state index in [9.17, 15) is 9.59 Å². The Morgan fingerprint density at radius 1 is 1.33 bits per heavy atom. The van der Waals surface area contributed by atoms with Crippen molar-refractivity contribution in [2.75, 3.05) is 5.32 Å². The second kappa shape index (κ2) is 6.79. The lowest BCUT2D eigenvalue weighted by atomic mass is 10.1. The van der Waals surface area contributed by atoms with Crippen LogP contribution < -0.4 is 5.32 Å². The van der Waals surface area contributed by atoms with Crippen LogP contribution in [0.15, 0.2) is 24.3 Å². The molecule has 0 saturated carbocycles. The van der Waals surface area contributed by atoms with Crippen molar-refractivity contribution in [1.29, 1.82) is 0 Å². The summed E-state index contributed by atoms with van der Waals surface area (Å²) < 4.78 is 0. The molecule has 0 aromatic heterocycles. The molecule has 1 atom stereocenters. The van der Waals surface area contributed by atoms with Gasteiger partial charge in [0.25, 0.3) is 0 Å². The fourth-order valence-corrected chi connectivity index (χ4v) is 1.63. The van der Waals surface area contributed by atoms with Gasteiger partial charge in [0.1, 0.15) is 0 Å². The number of aryl methyl sites for hydroxylation is 1. The molecule has 1 rings (SSSR count). The number of hydrogen-bond donors (Lipinski definition) is 2. The zero-order valence-corrected chi connectivity index (χ0v) is 10.8. The maximum absolute atomic E-state index is 11.7. The quantitative estimate of drug-likeness (QED) is 0.814. The molecule has 0 saturated heterocycles. The van der Waals surface area contributed by atoms with Gasteiger partial charge in [-0.3, -0.25) is 9.59 Å². The van der Waals surface area contributed by atoms with Gasteiger partial charge in [-0.15, -0.1) is 0 Å². The van der Waals surface area contributed by atoms with Gasteiger partial charge in [0.15, 0.2) is 0 Å². The molecule has 1 amide bonds. The third kappa shape index (κ3) is 4.20. The highest BCUT2D eigenvalue weighted by Crippen LogP contribution is 2.16. The summed E-state index contributed by atoms with van der Waals surface area (Å²) in [5.74, 6) is -1.49. The number of carboxylic acid groups (broad SMARTS) is 1. The number of nitrogens with one attached hydrogen (secondary N) is 1. The fraction of sp³-hybridized carbons (Fsp3) is 0.429. The molecule has 1 aromatic carbocycles. The predicted octanol–water partition coefficient (Wildman–Crippen LogP) is 2.69. The standard InChI is InChI=1S/C14H19NO3/c1-3-11-6-4-5-7-12(11)15-13(16)9-8-10(2)14(17)18/h4-7,10H,3,8-9H2,1-2H3,(H,15,16)(H,17,18). The molecular formula is C14H19NO3. The molecule has 18 heavy (non-hydrogen) atoms. The van der Waals surface area contributed by atoms with Crippen molar-refractivity contribution in [2.24, 2.45) is 5.92 Å². The van der Waals surface area contributed by atoms with Gasteiger partial charge in [-0.25, -0.2) is 0 Å². The summed E-state index contributed by atoms with van der Waals surface area (Å²) in [4.78, 5) is 22.3. The molecular weight excluding hydrogens is 230 g/mol. The van der Waals surface area contributed by atoms with Gasteiger partial charge in [0.05, 0.1) is 5.92 Å². The number of rotatable bonds is 6. The van der Waals surface area contributed by atoms with E-state index >= 15 is 0 Å². The largest absolute Gasteiger partial charge is 0.481 e. The van der Waals surface area contributed by atoms with Crippen molar-refractivity contribution < 1.29 is 14.7 Å². The minimum atomic E-state index is -0.864. The number of para-hydroxylation sites is 1. The lowest BCUT2D eigenvalue weighted by molar-refractivity contribution is -0.141. The molecule has 4 heteroatoms. The minimum Gasteiger partial charge on any atom is -0.481 e. The molecule has 0 fully saturated rings. The molecule has 2 N–H and O–H groups in total. The zero-order chi connectivity index (χ0) is 13.5. The molecule has 4 nitrogen and oxygen atoms in total. The monoisotopic (exact) mass is 249 g/mol. The van der Waals surface area contributed by atoms with Crippen molar-refractivity contribution in [3.63, 3.8) is 0 Å². The Labute approximate surface area is 107 Å². The summed E-state index contributed by atoms with van der Waals surface area (Å²) in [5.41, 5.74) is 1.89. The van der Waals surface area contributed by atoms with Crippen molar-refractivity contribution in [2.45, 2.75) is 33.1 Å². The number of amides is 1. The highest BCUT2D eigenvalue weighted by molar-refractivity contribution is 5.91. The van der Waals surface area contributed by atoms with E-state index in [0.29, 0.717) is 6.42 Å². The zero-order valence-electron chi connectivity index (χ0n) is 10.8. The Kier molecular flexibility index (Phi) is 5.36. The topological polar surface area (TPSA) is 66.4 Å². The van der Waals surface area contributed by atoms with Gasteiger partial charge < -0.3 is 10.4 Å². The van der Waals surface area contributed by atoms with Crippen molar-refractivity contribution in [1.82, 2.24) is 0 Å². The number of hydrogen-bond acceptors (Lipinski definition) is 2. The second-order valence-corrected chi connectivity index (χ2v) is 4.34. The van der Waals surface area contributed by atoms with Crippen LogP contribution in [0.5, 0.6) is 0 Å². The summed E-state index contributed by atoms with van der Waals surface area (Å²) in [6, 6.07) is 7.63. The Balaban J connectivity index is 2.52. The Morgan fingerprint density at radius 3 is 2.61 bits per heavy atom. The maximum Gasteiger partial charge on any atom is 0.306 e. The third-order valence-electron chi connectivity index (χ3n) is 2.90. The van der Waals surface area contributed by atoms with Crippen LogP contribution in [0.1, 0.15) is 32.3 Å². The van der Waals surface area contributed by atoms with E-state index in [0.717, 1.165) is 17.7 Å². The first-order chi connectivity index (χ1) is 8.54. The molecule has 0 spiro atoms. The number of carbonyl (C=O) groups excluding carboxylic acids is 1. The van der Waals surface area contributed by atoms with E-state index in [-0.39, 0.29) is 12.3 Å². The van der Waals surface area contributed by atoms with Crippen LogP contribution in [-0.2, 0) is 16.0 Å². The van der Waals surface area contributed by atoms with Crippen molar-refractivity contribution in [3.8, 4) is 0 Å². The van der Waals surface area contributed by atoms with Gasteiger partial charge in [-0.1, -0.05) is 32.0 Å². The summed E-state index contributed by atoms with van der Waals surface area (Å²) in [7, 11) is 0. The first-order valence-electron chi connectivity index (χ1n) is 6.15. The van der Waals surface area contributed by atoms with E-state index in [2.05, 4.69) is 5.32 Å². The van der Waals surface area contributed by atoms with Crippen LogP contribution in [0.3, 0.4) is 0 Å². The summed E-state index contributed by atoms with van der Waals surface area (Å²) >= 11 is 0. The normalized spacial score (nSPS) is 11.9. The Bertz CT molecular complexity index is 429. The molecule has 0 heterocycles. The van der Waals surface area contributed by atoms with Crippen LogP contribution in [0.4, 0.5) is 5.69 Å². The number of anilines is 1. The predicted molar refractivity (Wildman–Crippen MR) is 70.5 cm³/mol. The maximum atomic E-state index is 11.7. The number of benzene rings is 1. The van der Waals surface area contributed by atoms with Gasteiger partial charge in [-0.05, 0) is 24.5 Å². The average Bonchev–Trinajstić information content (AvgIpc) is 2.36. The number of carboxylic acids is 1. The van der Waals surface area contributed by atoms with E-state index in [1.807, 2.05) is 31.2 Å². The van der Waals surface area contributed by atoms with E-state index in [1.54, 1.807) is 6.92 Å². The molecule has 1 aromatic rings. The van der Waals surface area contributed by atoms with Gasteiger partial charge >= 0.3 is 5.97 Å². The first-order valence-corrected chi connectivity index (χ1v) is 6.15. The van der Waals surface area contributed by atoms with Gasteiger partial charge in [0, 0.05) is 12.1 Å². The molecule has 0 aliphatic rings. The molecule has 0 aliphatic carbocycles. The van der Waals surface area contributed by atoms with Crippen molar-refractivity contribution in [3.05, 3.63) is 29.8 Å². The van der Waals surface area contributed by atoms with Gasteiger partial charge in [-0.2, -0.15) is 0 Å². The van der Waals surface area contributed by atoms with Crippen LogP contribution in [0, 0.1) is 5.92 Å². The fourth-order valence-electron chi connectivity index (χ4n) is 1.63. The van der Waals surface area contributed by atoms with Crippen molar-refractivity contribution >= 4 is 17.6 Å². The van der Waals surface area contributed by atoms with E-state index in [1.165, 1.54) is 0 Å². The smallest absolute Gasteiger partial charge is 0.306 e. The minimum absolute atomic E-state index is 0.135. The Morgan fingerprint density at radius 2 is 2.00 bits per heavy atom. The highest BCUT2D eigenvalue weighted by Gasteiger charge is 2.13. The lowest BCUT2D eigenvalue weighted by Crippen LogP contribution is -2.16. The molecule has 0 aliphatic heterocycles. The summed E-state index contributed by atoms with van der Waals surface area (Å²) in [6.07, 6.45) is 1.43. The summed E-state index contributed by atoms with van der Waals surface area (Å²) in [6.45, 7) is 3.63. The van der Waals surface area contributed by atoms with E-state index < -0.39 is 11.9 Å². The van der Waals surface area contributed by atoms with Crippen LogP contribution in [0.25, 0.3) is 0 Å². The molecule has 1 unspecified atom stereocenters. The second-order valence-electron chi connectivity index (χ2n) is 4.34. The van der Waals surface area contributed by atoms with E-state index in [4.69, 9.17) is 5.11 Å². The molecule has 98 valence electrons.